The molecule has 8 heteroatoms. The van der Waals surface area contributed by atoms with Crippen LogP contribution in [0.25, 0.3) is 0 Å². The number of nitrogens with zero attached hydrogens (tertiary/aromatic N) is 3. The van der Waals surface area contributed by atoms with Crippen molar-refractivity contribution in [1.82, 2.24) is 9.97 Å². The van der Waals surface area contributed by atoms with E-state index in [1.165, 1.54) is 11.8 Å². The van der Waals surface area contributed by atoms with Gasteiger partial charge in [-0.2, -0.15) is 0 Å². The number of benzene rings is 1. The maximum Gasteiger partial charge on any atom is 0.414 e. The second kappa shape index (κ2) is 11.2. The molecule has 178 valence electrons. The molecule has 3 rings (SSSR count). The van der Waals surface area contributed by atoms with Crippen LogP contribution in [-0.2, 0) is 11.2 Å². The summed E-state index contributed by atoms with van der Waals surface area (Å²) in [6.07, 6.45) is 3.72. The molecule has 0 saturated carbocycles. The fourth-order valence-corrected chi connectivity index (χ4v) is 3.99. The minimum atomic E-state index is -0.506. The maximum absolute atomic E-state index is 12.9. The van der Waals surface area contributed by atoms with Gasteiger partial charge in [-0.25, -0.2) is 9.78 Å². The zero-order valence-electron chi connectivity index (χ0n) is 20.2. The van der Waals surface area contributed by atoms with E-state index in [0.29, 0.717) is 28.4 Å². The van der Waals surface area contributed by atoms with Crippen LogP contribution in [0.3, 0.4) is 0 Å². The smallest absolute Gasteiger partial charge is 0.414 e. The van der Waals surface area contributed by atoms with Gasteiger partial charge in [0.15, 0.2) is 0 Å². The third-order valence-electron chi connectivity index (χ3n) is 4.98. The first-order chi connectivity index (χ1) is 16.2. The molecule has 0 unspecified atom stereocenters. The van der Waals surface area contributed by atoms with Crippen LogP contribution in [0.1, 0.15) is 42.5 Å². The van der Waals surface area contributed by atoms with Crippen molar-refractivity contribution in [3.63, 3.8) is 0 Å². The predicted molar refractivity (Wildman–Crippen MR) is 137 cm³/mol. The minimum absolute atomic E-state index is 0.230. The lowest BCUT2D eigenvalue weighted by atomic mass is 10.1. The van der Waals surface area contributed by atoms with E-state index in [0.717, 1.165) is 11.4 Å². The number of carbonyl (C=O) groups is 2. The Morgan fingerprint density at radius 2 is 1.79 bits per heavy atom. The first-order valence-electron chi connectivity index (χ1n) is 11.0. The predicted octanol–water partition coefficient (Wildman–Crippen LogP) is 5.74. The molecule has 3 aromatic rings. The Morgan fingerprint density at radius 1 is 1.06 bits per heavy atom. The molecule has 2 aromatic heterocycles. The van der Waals surface area contributed by atoms with Crippen molar-refractivity contribution in [2.24, 2.45) is 0 Å². The van der Waals surface area contributed by atoms with Gasteiger partial charge in [0.1, 0.15) is 5.03 Å². The van der Waals surface area contributed by atoms with Gasteiger partial charge in [0.2, 0.25) is 0 Å². The van der Waals surface area contributed by atoms with Crippen LogP contribution in [0, 0.1) is 6.92 Å². The Labute approximate surface area is 205 Å². The molecule has 0 radical (unpaired) electrons. The molecule has 0 atom stereocenters. The third kappa shape index (κ3) is 6.57. The van der Waals surface area contributed by atoms with Crippen molar-refractivity contribution in [3.8, 4) is 0 Å². The number of ether oxygens (including phenoxy) is 1. The summed E-state index contributed by atoms with van der Waals surface area (Å²) in [6, 6.07) is 16.4. The van der Waals surface area contributed by atoms with Gasteiger partial charge in [-0.15, -0.1) is 11.8 Å². The number of pyridine rings is 2. The number of hydrogen-bond donors (Lipinski definition) is 1. The van der Waals surface area contributed by atoms with Crippen molar-refractivity contribution < 1.29 is 14.3 Å². The monoisotopic (exact) mass is 478 g/mol. The van der Waals surface area contributed by atoms with E-state index in [4.69, 9.17) is 4.74 Å². The number of thioether (sulfide) groups is 1. The minimum Gasteiger partial charge on any atom is -0.449 e. The quantitative estimate of drug-likeness (QED) is 0.436. The Bertz CT molecular complexity index is 1130. The van der Waals surface area contributed by atoms with Crippen molar-refractivity contribution in [1.29, 1.82) is 0 Å². The number of rotatable bonds is 7. The van der Waals surface area contributed by atoms with Gasteiger partial charge in [-0.1, -0.05) is 6.07 Å². The van der Waals surface area contributed by atoms with Crippen LogP contribution in [0.5, 0.6) is 0 Å². The summed E-state index contributed by atoms with van der Waals surface area (Å²) in [5, 5.41) is 3.59. The fourth-order valence-electron chi connectivity index (χ4n) is 3.37. The van der Waals surface area contributed by atoms with Crippen molar-refractivity contribution in [2.45, 2.75) is 44.7 Å². The molecule has 1 N–H and O–H groups in total. The maximum atomic E-state index is 12.9. The second-order valence-corrected chi connectivity index (χ2v) is 9.50. The average Bonchev–Trinajstić information content (AvgIpc) is 2.80. The first kappa shape index (κ1) is 25.2. The highest BCUT2D eigenvalue weighted by atomic mass is 32.2. The number of aromatic nitrogens is 2. The van der Waals surface area contributed by atoms with Crippen molar-refractivity contribution >= 4 is 35.1 Å². The summed E-state index contributed by atoms with van der Waals surface area (Å²) in [5.74, 6) is -0.230. The highest BCUT2D eigenvalue weighted by Crippen LogP contribution is 2.27. The van der Waals surface area contributed by atoms with E-state index in [2.05, 4.69) is 15.3 Å². The molecule has 0 fully saturated rings. The van der Waals surface area contributed by atoms with E-state index in [1.54, 1.807) is 41.4 Å². The van der Waals surface area contributed by atoms with E-state index < -0.39 is 11.6 Å². The number of nitrogens with one attached hydrogen (secondary N) is 1. The molecule has 1 aromatic carbocycles. The standard InChI is InChI=1S/C26H30N4O3S/c1-18-9-14-22(24(28-18)34-5)23(31)29-20-10-12-21(13-11-20)30(26(2,3)4)25(32)33-17-15-19-8-6-7-16-27-19/h6-14,16H,15,17H2,1-5H3,(H,29,31). The number of amides is 2. The van der Waals surface area contributed by atoms with E-state index in [1.807, 2.05) is 58.2 Å². The van der Waals surface area contributed by atoms with Gasteiger partial charge in [-0.3, -0.25) is 14.7 Å². The molecule has 34 heavy (non-hydrogen) atoms. The molecule has 0 saturated heterocycles. The Kier molecular flexibility index (Phi) is 8.28. The normalized spacial score (nSPS) is 11.1. The lowest BCUT2D eigenvalue weighted by molar-refractivity contribution is 0.102. The number of anilines is 2. The highest BCUT2D eigenvalue weighted by molar-refractivity contribution is 7.98. The summed E-state index contributed by atoms with van der Waals surface area (Å²) in [7, 11) is 0. The average molecular weight is 479 g/mol. The van der Waals surface area contributed by atoms with Crippen LogP contribution >= 0.6 is 11.8 Å². The number of carbonyl (C=O) groups excluding carboxylic acids is 2. The fraction of sp³-hybridized carbons (Fsp3) is 0.308. The van der Waals surface area contributed by atoms with Gasteiger partial charge in [0, 0.05) is 40.9 Å². The van der Waals surface area contributed by atoms with Gasteiger partial charge in [0.25, 0.3) is 5.91 Å². The van der Waals surface area contributed by atoms with Crippen LogP contribution < -0.4 is 10.2 Å². The second-order valence-electron chi connectivity index (χ2n) is 8.70. The van der Waals surface area contributed by atoms with Crippen molar-refractivity contribution in [2.75, 3.05) is 23.1 Å². The summed E-state index contributed by atoms with van der Waals surface area (Å²) in [4.78, 5) is 36.0. The van der Waals surface area contributed by atoms with E-state index >= 15 is 0 Å². The summed E-state index contributed by atoms with van der Waals surface area (Å²) in [6.45, 7) is 7.95. The largest absolute Gasteiger partial charge is 0.449 e. The molecule has 2 heterocycles. The SMILES string of the molecule is CSc1nc(C)ccc1C(=O)Nc1ccc(N(C(=O)OCCc2ccccn2)C(C)(C)C)cc1. The molecular weight excluding hydrogens is 448 g/mol. The van der Waals surface area contributed by atoms with Crippen LogP contribution in [0.15, 0.2) is 65.8 Å². The number of hydrogen-bond acceptors (Lipinski definition) is 6. The summed E-state index contributed by atoms with van der Waals surface area (Å²) >= 11 is 1.43. The van der Waals surface area contributed by atoms with Gasteiger partial charge < -0.3 is 10.1 Å². The molecular formula is C26H30N4O3S. The molecule has 2 amide bonds. The zero-order chi connectivity index (χ0) is 24.7. The molecule has 0 aliphatic rings. The van der Waals surface area contributed by atoms with Gasteiger partial charge in [0.05, 0.1) is 12.2 Å². The van der Waals surface area contributed by atoms with Crippen molar-refractivity contribution in [3.05, 3.63) is 77.7 Å². The Balaban J connectivity index is 1.69. The lowest BCUT2D eigenvalue weighted by Gasteiger charge is -2.34. The first-order valence-corrected chi connectivity index (χ1v) is 12.2. The third-order valence-corrected chi connectivity index (χ3v) is 5.68. The summed E-state index contributed by atoms with van der Waals surface area (Å²) < 4.78 is 5.54. The van der Waals surface area contributed by atoms with Gasteiger partial charge >= 0.3 is 6.09 Å². The molecule has 0 spiro atoms. The lowest BCUT2D eigenvalue weighted by Crippen LogP contribution is -2.46. The molecule has 0 aliphatic heterocycles. The Morgan fingerprint density at radius 3 is 2.41 bits per heavy atom. The highest BCUT2D eigenvalue weighted by Gasteiger charge is 2.29. The topological polar surface area (TPSA) is 84.4 Å². The van der Waals surface area contributed by atoms with Crippen LogP contribution in [0.2, 0.25) is 0 Å². The summed E-state index contributed by atoms with van der Waals surface area (Å²) in [5.41, 5.74) is 3.04. The van der Waals surface area contributed by atoms with E-state index in [9.17, 15) is 9.59 Å². The molecule has 7 nitrogen and oxygen atoms in total. The Hall–Kier alpha value is -3.39. The number of aryl methyl sites for hydroxylation is 1. The van der Waals surface area contributed by atoms with Crippen LogP contribution in [-0.4, -0.2) is 40.4 Å². The molecule has 0 bridgehead atoms. The van der Waals surface area contributed by atoms with Crippen LogP contribution in [0.4, 0.5) is 16.2 Å². The van der Waals surface area contributed by atoms with E-state index in [-0.39, 0.29) is 12.5 Å². The molecule has 0 aliphatic carbocycles. The van der Waals surface area contributed by atoms with Gasteiger partial charge in [-0.05, 0) is 82.5 Å². The zero-order valence-corrected chi connectivity index (χ0v) is 21.0.